The minimum Gasteiger partial charge on any atom is -0.503 e. The van der Waals surface area contributed by atoms with Crippen LogP contribution in [0.3, 0.4) is 0 Å². The normalized spacial score (nSPS) is 12.0. The van der Waals surface area contributed by atoms with Crippen molar-refractivity contribution in [3.8, 4) is 0 Å². The van der Waals surface area contributed by atoms with Gasteiger partial charge in [-0.25, -0.2) is 0 Å². The molecule has 0 radical (unpaired) electrons. The minimum atomic E-state index is 0.429. The lowest BCUT2D eigenvalue weighted by molar-refractivity contribution is 0.461. The van der Waals surface area contributed by atoms with Crippen molar-refractivity contribution in [2.24, 2.45) is 0 Å². The lowest BCUT2D eigenvalue weighted by atomic mass is 10.1. The second kappa shape index (κ2) is 8.37. The van der Waals surface area contributed by atoms with Crippen LogP contribution in [0, 0.1) is 0 Å². The molecule has 0 atom stereocenters. The molecule has 1 nitrogen and oxygen atoms in total. The molecular weight excluding hydrogens is 251 g/mol. The van der Waals surface area contributed by atoms with Gasteiger partial charge in [-0.1, -0.05) is 32.6 Å². The lowest BCUT2D eigenvalue weighted by Crippen LogP contribution is -1.76. The molecule has 0 unspecified atom stereocenters. The molecule has 0 rings (SSSR count). The summed E-state index contributed by atoms with van der Waals surface area (Å²) in [4.78, 5) is 0. The molecule has 0 saturated heterocycles. The second-order valence-corrected chi connectivity index (χ2v) is 3.83. The third kappa shape index (κ3) is 10.3. The van der Waals surface area contributed by atoms with Crippen LogP contribution in [0.15, 0.2) is 9.84 Å². The van der Waals surface area contributed by atoms with Crippen molar-refractivity contribution in [1.29, 1.82) is 0 Å². The fraction of sp³-hybridized carbons (Fsp3) is 0.778. The molecule has 0 fully saturated rings. The van der Waals surface area contributed by atoms with Crippen molar-refractivity contribution < 1.29 is 5.11 Å². The average molecular weight is 268 g/mol. The molecule has 0 aliphatic carbocycles. The highest BCUT2D eigenvalue weighted by Gasteiger charge is 1.87. The van der Waals surface area contributed by atoms with E-state index in [4.69, 9.17) is 5.11 Å². The van der Waals surface area contributed by atoms with Crippen LogP contribution in [0.4, 0.5) is 0 Å². The maximum Gasteiger partial charge on any atom is 0.149 e. The molecule has 0 bridgehead atoms. The number of allylic oxidation sites excluding steroid dienone is 1. The third-order valence-corrected chi connectivity index (χ3v) is 2.06. The summed E-state index contributed by atoms with van der Waals surface area (Å²) in [7, 11) is 0. The van der Waals surface area contributed by atoms with Crippen LogP contribution in [0.1, 0.15) is 45.4 Å². The van der Waals surface area contributed by atoms with Crippen LogP contribution in [0.25, 0.3) is 0 Å². The number of hydrogen-bond acceptors (Lipinski definition) is 1. The van der Waals surface area contributed by atoms with Crippen LogP contribution in [-0.4, -0.2) is 5.11 Å². The van der Waals surface area contributed by atoms with E-state index in [9.17, 15) is 0 Å². The fourth-order valence-corrected chi connectivity index (χ4v) is 1.28. The van der Waals surface area contributed by atoms with E-state index in [1.54, 1.807) is 0 Å². The molecule has 0 aromatic rings. The Bertz CT molecular complexity index is 106. The van der Waals surface area contributed by atoms with E-state index in [-0.39, 0.29) is 0 Å². The first-order chi connectivity index (χ1) is 5.27. The van der Waals surface area contributed by atoms with E-state index < -0.39 is 0 Å². The van der Waals surface area contributed by atoms with Gasteiger partial charge in [-0.2, -0.15) is 0 Å². The second-order valence-electron chi connectivity index (χ2n) is 2.73. The molecule has 0 amide bonds. The summed E-state index contributed by atoms with van der Waals surface area (Å²) in [5, 5.41) is 8.80. The van der Waals surface area contributed by atoms with Gasteiger partial charge in [0.1, 0.15) is 3.77 Å². The number of aliphatic hydroxyl groups is 1. The Balaban J connectivity index is 2.97. The van der Waals surface area contributed by atoms with Crippen LogP contribution in [-0.2, 0) is 0 Å². The zero-order valence-electron chi connectivity index (χ0n) is 7.15. The molecule has 66 valence electrons. The van der Waals surface area contributed by atoms with Gasteiger partial charge in [0.15, 0.2) is 0 Å². The predicted molar refractivity (Wildman–Crippen MR) is 58.1 cm³/mol. The Hall–Kier alpha value is 0.270. The van der Waals surface area contributed by atoms with Crippen LogP contribution in [0.5, 0.6) is 0 Å². The Morgan fingerprint density at radius 2 is 1.91 bits per heavy atom. The van der Waals surface area contributed by atoms with E-state index in [2.05, 4.69) is 6.92 Å². The van der Waals surface area contributed by atoms with Crippen LogP contribution >= 0.6 is 22.6 Å². The zero-order chi connectivity index (χ0) is 8.53. The summed E-state index contributed by atoms with van der Waals surface area (Å²) in [6.07, 6.45) is 9.41. The van der Waals surface area contributed by atoms with E-state index in [0.29, 0.717) is 3.77 Å². The largest absolute Gasteiger partial charge is 0.503 e. The van der Waals surface area contributed by atoms with Gasteiger partial charge in [0.05, 0.1) is 0 Å². The number of aliphatic hydroxyl groups excluding tert-OH is 1. The molecule has 0 aromatic heterocycles. The zero-order valence-corrected chi connectivity index (χ0v) is 9.30. The summed E-state index contributed by atoms with van der Waals surface area (Å²) in [5.74, 6) is 0. The summed E-state index contributed by atoms with van der Waals surface area (Å²) in [6.45, 7) is 2.22. The van der Waals surface area contributed by atoms with E-state index in [0.717, 1.165) is 6.42 Å². The first kappa shape index (κ1) is 11.3. The highest BCUT2D eigenvalue weighted by molar-refractivity contribution is 14.1. The Kier molecular flexibility index (Phi) is 8.57. The van der Waals surface area contributed by atoms with Gasteiger partial charge in [0.25, 0.3) is 0 Å². The highest BCUT2D eigenvalue weighted by Crippen LogP contribution is 2.08. The Morgan fingerprint density at radius 1 is 1.27 bits per heavy atom. The third-order valence-electron chi connectivity index (χ3n) is 1.62. The first-order valence-electron chi connectivity index (χ1n) is 4.32. The Morgan fingerprint density at radius 3 is 2.45 bits per heavy atom. The summed E-state index contributed by atoms with van der Waals surface area (Å²) >= 11 is 1.93. The summed E-state index contributed by atoms with van der Waals surface area (Å²) in [6, 6.07) is 0. The molecule has 0 heterocycles. The van der Waals surface area contributed by atoms with Crippen LogP contribution < -0.4 is 0 Å². The lowest BCUT2D eigenvalue weighted by Gasteiger charge is -1.95. The minimum absolute atomic E-state index is 0.429. The molecule has 0 aliphatic heterocycles. The van der Waals surface area contributed by atoms with Crippen molar-refractivity contribution in [2.75, 3.05) is 0 Å². The number of halogens is 1. The molecule has 2 heteroatoms. The first-order valence-corrected chi connectivity index (χ1v) is 5.40. The molecule has 11 heavy (non-hydrogen) atoms. The number of unbranched alkanes of at least 4 members (excludes halogenated alkanes) is 5. The Labute approximate surface area is 83.0 Å². The molecule has 0 aliphatic rings. The van der Waals surface area contributed by atoms with E-state index >= 15 is 0 Å². The van der Waals surface area contributed by atoms with Crippen LogP contribution in [0.2, 0.25) is 0 Å². The fourth-order valence-electron chi connectivity index (χ4n) is 0.969. The maximum atomic E-state index is 8.80. The average Bonchev–Trinajstić information content (AvgIpc) is 1.96. The molecular formula is C9H17IO. The predicted octanol–water partition coefficient (Wildman–Crippen LogP) is 4.18. The van der Waals surface area contributed by atoms with Crippen molar-refractivity contribution >= 4 is 22.6 Å². The topological polar surface area (TPSA) is 20.2 Å². The van der Waals surface area contributed by atoms with Crippen molar-refractivity contribution in [3.63, 3.8) is 0 Å². The van der Waals surface area contributed by atoms with Crippen molar-refractivity contribution in [2.45, 2.75) is 45.4 Å². The summed E-state index contributed by atoms with van der Waals surface area (Å²) < 4.78 is 0.429. The summed E-state index contributed by atoms with van der Waals surface area (Å²) in [5.41, 5.74) is 0. The standard InChI is InChI=1S/C9H17IO/c1-2-3-4-5-6-7-8-9(10)11/h8,11H,2-7H2,1H3. The van der Waals surface area contributed by atoms with Gasteiger partial charge < -0.3 is 5.11 Å². The van der Waals surface area contributed by atoms with Gasteiger partial charge in [-0.15, -0.1) is 0 Å². The van der Waals surface area contributed by atoms with E-state index in [1.165, 1.54) is 32.1 Å². The van der Waals surface area contributed by atoms with Gasteiger partial charge in [0, 0.05) is 0 Å². The van der Waals surface area contributed by atoms with Gasteiger partial charge in [-0.05, 0) is 41.5 Å². The SMILES string of the molecule is CCCCCCCC=C(O)I. The molecule has 1 N–H and O–H groups in total. The number of hydrogen-bond donors (Lipinski definition) is 1. The van der Waals surface area contributed by atoms with Gasteiger partial charge in [-0.3, -0.25) is 0 Å². The van der Waals surface area contributed by atoms with Crippen molar-refractivity contribution in [3.05, 3.63) is 9.84 Å². The quantitative estimate of drug-likeness (QED) is 0.435. The molecule has 0 saturated carbocycles. The van der Waals surface area contributed by atoms with Crippen molar-refractivity contribution in [1.82, 2.24) is 0 Å². The molecule has 0 spiro atoms. The van der Waals surface area contributed by atoms with Gasteiger partial charge >= 0.3 is 0 Å². The maximum absolute atomic E-state index is 8.80. The van der Waals surface area contributed by atoms with Gasteiger partial charge in [0.2, 0.25) is 0 Å². The number of rotatable bonds is 6. The highest BCUT2D eigenvalue weighted by atomic mass is 127. The molecule has 0 aromatic carbocycles. The monoisotopic (exact) mass is 268 g/mol. The smallest absolute Gasteiger partial charge is 0.149 e. The van der Waals surface area contributed by atoms with E-state index in [1.807, 2.05) is 28.7 Å².